The number of aliphatic hydroxyl groups excluding tert-OH is 2. The van der Waals surface area contributed by atoms with Crippen molar-refractivity contribution in [1.82, 2.24) is 4.98 Å². The van der Waals surface area contributed by atoms with Crippen LogP contribution < -0.4 is 0 Å². The van der Waals surface area contributed by atoms with E-state index in [1.807, 2.05) is 30.3 Å². The van der Waals surface area contributed by atoms with Crippen molar-refractivity contribution in [2.45, 2.75) is 50.2 Å². The van der Waals surface area contributed by atoms with Gasteiger partial charge in [-0.2, -0.15) is 0 Å². The molecule has 1 aromatic carbocycles. The van der Waals surface area contributed by atoms with Crippen LogP contribution in [0, 0.1) is 0 Å². The quantitative estimate of drug-likeness (QED) is 0.548. The standard InChI is InChI=1S/C26H26FNO4/c27-18-5-3-4-16(10-11-18)25-21-6-1-2-7-23(21)28-26(17-8-9-17)22(25)13-12-19(29)14-20(30)15-24(31)32/h1-4,6-7,10-13,17,19-20,29-30H,5,8-9,14-15H2,(H,31,32)/b13-12+. The van der Waals surface area contributed by atoms with E-state index in [4.69, 9.17) is 10.1 Å². The maximum absolute atomic E-state index is 13.9. The van der Waals surface area contributed by atoms with E-state index in [9.17, 15) is 19.4 Å². The third-order valence-electron chi connectivity index (χ3n) is 5.68. The Balaban J connectivity index is 1.80. The molecule has 2 atom stereocenters. The molecule has 4 rings (SSSR count). The minimum absolute atomic E-state index is 0.0749. The fraction of sp³-hybridized carbons (Fsp3) is 0.308. The van der Waals surface area contributed by atoms with Crippen molar-refractivity contribution in [3.63, 3.8) is 0 Å². The van der Waals surface area contributed by atoms with Crippen molar-refractivity contribution in [2.24, 2.45) is 0 Å². The number of nitrogens with zero attached hydrogens (tertiary/aromatic N) is 1. The van der Waals surface area contributed by atoms with Gasteiger partial charge in [-0.1, -0.05) is 48.6 Å². The third kappa shape index (κ3) is 5.21. The molecule has 0 saturated heterocycles. The van der Waals surface area contributed by atoms with Crippen LogP contribution in [0.15, 0.2) is 60.5 Å². The van der Waals surface area contributed by atoms with Crippen LogP contribution in [-0.4, -0.2) is 38.5 Å². The number of aromatic nitrogens is 1. The average Bonchev–Trinajstić information content (AvgIpc) is 3.59. The van der Waals surface area contributed by atoms with Crippen LogP contribution in [0.4, 0.5) is 4.39 Å². The van der Waals surface area contributed by atoms with Crippen molar-refractivity contribution in [1.29, 1.82) is 0 Å². The van der Waals surface area contributed by atoms with Crippen LogP contribution in [0.2, 0.25) is 0 Å². The number of aliphatic hydroxyl groups is 2. The minimum atomic E-state index is -1.13. The van der Waals surface area contributed by atoms with Crippen molar-refractivity contribution in [2.75, 3.05) is 0 Å². The van der Waals surface area contributed by atoms with E-state index in [2.05, 4.69) is 0 Å². The first-order valence-corrected chi connectivity index (χ1v) is 10.8. The summed E-state index contributed by atoms with van der Waals surface area (Å²) in [5.74, 6) is -0.995. The summed E-state index contributed by atoms with van der Waals surface area (Å²) in [5.41, 5.74) is 4.45. The number of carbonyl (C=O) groups is 1. The summed E-state index contributed by atoms with van der Waals surface area (Å²) in [6.45, 7) is 0. The second-order valence-electron chi connectivity index (χ2n) is 8.33. The van der Waals surface area contributed by atoms with Crippen LogP contribution in [-0.2, 0) is 4.79 Å². The predicted octanol–water partition coefficient (Wildman–Crippen LogP) is 4.91. The molecule has 0 bridgehead atoms. The number of aliphatic carboxylic acids is 1. The van der Waals surface area contributed by atoms with E-state index in [0.29, 0.717) is 5.92 Å². The molecule has 5 nitrogen and oxygen atoms in total. The number of fused-ring (bicyclic) bond motifs is 1. The zero-order chi connectivity index (χ0) is 22.7. The molecule has 0 amide bonds. The van der Waals surface area contributed by atoms with Gasteiger partial charge >= 0.3 is 5.97 Å². The average molecular weight is 435 g/mol. The van der Waals surface area contributed by atoms with E-state index >= 15 is 0 Å². The number of hydrogen-bond donors (Lipinski definition) is 3. The monoisotopic (exact) mass is 435 g/mol. The molecule has 1 heterocycles. The second kappa shape index (κ2) is 9.59. The molecular weight excluding hydrogens is 409 g/mol. The highest BCUT2D eigenvalue weighted by Gasteiger charge is 2.29. The van der Waals surface area contributed by atoms with Crippen LogP contribution in [0.5, 0.6) is 0 Å². The topological polar surface area (TPSA) is 90.7 Å². The number of carboxylic acid groups (broad SMARTS) is 1. The van der Waals surface area contributed by atoms with Gasteiger partial charge in [0.1, 0.15) is 5.83 Å². The summed E-state index contributed by atoms with van der Waals surface area (Å²) in [6, 6.07) is 7.83. The largest absolute Gasteiger partial charge is 0.481 e. The van der Waals surface area contributed by atoms with Crippen LogP contribution in [0.25, 0.3) is 22.6 Å². The van der Waals surface area contributed by atoms with Gasteiger partial charge in [-0.15, -0.1) is 0 Å². The first kappa shape index (κ1) is 22.1. The fourth-order valence-electron chi connectivity index (χ4n) is 4.01. The summed E-state index contributed by atoms with van der Waals surface area (Å²) >= 11 is 0. The van der Waals surface area contributed by atoms with Gasteiger partial charge in [0.15, 0.2) is 0 Å². The molecule has 2 aliphatic carbocycles. The highest BCUT2D eigenvalue weighted by atomic mass is 19.1. The highest BCUT2D eigenvalue weighted by Crippen LogP contribution is 2.44. The number of benzene rings is 1. The lowest BCUT2D eigenvalue weighted by atomic mass is 9.91. The molecule has 2 aromatic rings. The van der Waals surface area contributed by atoms with Crippen LogP contribution >= 0.6 is 0 Å². The first-order chi connectivity index (χ1) is 15.4. The Morgan fingerprint density at radius 2 is 2.00 bits per heavy atom. The molecule has 3 N–H and O–H groups in total. The van der Waals surface area contributed by atoms with Crippen LogP contribution in [0.1, 0.15) is 54.8 Å². The number of para-hydroxylation sites is 1. The Kier molecular flexibility index (Phi) is 6.63. The summed E-state index contributed by atoms with van der Waals surface area (Å²) in [7, 11) is 0. The van der Waals surface area contributed by atoms with Gasteiger partial charge < -0.3 is 15.3 Å². The summed E-state index contributed by atoms with van der Waals surface area (Å²) in [4.78, 5) is 15.7. The maximum Gasteiger partial charge on any atom is 0.305 e. The molecule has 2 aliphatic rings. The Labute approximate surface area is 185 Å². The SMILES string of the molecule is O=C(O)CC(O)CC(O)/C=C/c1c(C2CC2)nc2ccccc2c1C1=CC=C(F)CC=C1. The lowest BCUT2D eigenvalue weighted by Crippen LogP contribution is -2.19. The van der Waals surface area contributed by atoms with Crippen molar-refractivity contribution >= 4 is 28.5 Å². The van der Waals surface area contributed by atoms with Gasteiger partial charge in [-0.05, 0) is 30.6 Å². The Hall–Kier alpha value is -3.09. The number of hydrogen-bond acceptors (Lipinski definition) is 4. The van der Waals surface area contributed by atoms with Crippen molar-refractivity contribution in [3.8, 4) is 0 Å². The molecule has 0 aliphatic heterocycles. The molecule has 6 heteroatoms. The molecule has 2 unspecified atom stereocenters. The van der Waals surface area contributed by atoms with E-state index in [-0.39, 0.29) is 18.7 Å². The van der Waals surface area contributed by atoms with E-state index in [1.165, 1.54) is 6.08 Å². The van der Waals surface area contributed by atoms with Gasteiger partial charge in [0.2, 0.25) is 0 Å². The smallest absolute Gasteiger partial charge is 0.305 e. The zero-order valence-corrected chi connectivity index (χ0v) is 17.6. The number of pyridine rings is 1. The Morgan fingerprint density at radius 3 is 2.75 bits per heavy atom. The molecule has 1 aromatic heterocycles. The fourth-order valence-corrected chi connectivity index (χ4v) is 4.01. The first-order valence-electron chi connectivity index (χ1n) is 10.8. The molecule has 0 radical (unpaired) electrons. The summed E-state index contributed by atoms with van der Waals surface area (Å²) in [6.07, 6.45) is 10.0. The molecule has 1 fully saturated rings. The van der Waals surface area contributed by atoms with E-state index in [0.717, 1.165) is 46.1 Å². The molecule has 32 heavy (non-hydrogen) atoms. The number of carboxylic acids is 1. The van der Waals surface area contributed by atoms with Gasteiger partial charge in [-0.3, -0.25) is 9.78 Å². The Bertz CT molecular complexity index is 1140. The van der Waals surface area contributed by atoms with E-state index < -0.39 is 24.6 Å². The van der Waals surface area contributed by atoms with Gasteiger partial charge in [0.25, 0.3) is 0 Å². The maximum atomic E-state index is 13.9. The number of halogens is 1. The zero-order valence-electron chi connectivity index (χ0n) is 17.6. The Morgan fingerprint density at radius 1 is 1.22 bits per heavy atom. The van der Waals surface area contributed by atoms with Gasteiger partial charge in [0, 0.05) is 35.3 Å². The lowest BCUT2D eigenvalue weighted by Gasteiger charge is -2.17. The highest BCUT2D eigenvalue weighted by molar-refractivity contribution is 5.99. The minimum Gasteiger partial charge on any atom is -0.481 e. The number of allylic oxidation sites excluding steroid dienone is 6. The van der Waals surface area contributed by atoms with Crippen molar-refractivity contribution in [3.05, 3.63) is 77.3 Å². The summed E-state index contributed by atoms with van der Waals surface area (Å²) in [5, 5.41) is 30.0. The second-order valence-corrected chi connectivity index (χ2v) is 8.33. The molecule has 0 spiro atoms. The number of rotatable bonds is 8. The van der Waals surface area contributed by atoms with Gasteiger partial charge in [0.05, 0.1) is 29.8 Å². The lowest BCUT2D eigenvalue weighted by molar-refractivity contribution is -0.139. The predicted molar refractivity (Wildman–Crippen MR) is 123 cm³/mol. The molecule has 166 valence electrons. The normalized spacial score (nSPS) is 18.3. The van der Waals surface area contributed by atoms with E-state index in [1.54, 1.807) is 24.3 Å². The molecule has 1 saturated carbocycles. The third-order valence-corrected chi connectivity index (χ3v) is 5.68. The van der Waals surface area contributed by atoms with Crippen LogP contribution in [0.3, 0.4) is 0 Å². The van der Waals surface area contributed by atoms with Gasteiger partial charge in [-0.25, -0.2) is 4.39 Å². The van der Waals surface area contributed by atoms with Crippen molar-refractivity contribution < 1.29 is 24.5 Å². The molecular formula is C26H26FNO4. The summed E-state index contributed by atoms with van der Waals surface area (Å²) < 4.78 is 13.9.